The molecular formula is C11H14BrN3O4. The molecule has 0 bridgehead atoms. The van der Waals surface area contributed by atoms with Gasteiger partial charge in [-0.15, -0.1) is 0 Å². The average molecular weight is 332 g/mol. The second-order valence-electron chi connectivity index (χ2n) is 3.80. The van der Waals surface area contributed by atoms with E-state index in [-0.39, 0.29) is 11.6 Å². The first-order valence-electron chi connectivity index (χ1n) is 5.45. The van der Waals surface area contributed by atoms with Crippen molar-refractivity contribution in [3.63, 3.8) is 0 Å². The second-order valence-corrected chi connectivity index (χ2v) is 4.65. The topological polar surface area (TPSA) is 107 Å². The summed E-state index contributed by atoms with van der Waals surface area (Å²) in [7, 11) is 1.53. The van der Waals surface area contributed by atoms with E-state index < -0.39 is 11.0 Å². The zero-order valence-electron chi connectivity index (χ0n) is 10.3. The number of nitrogens with two attached hydrogens (primary N) is 1. The molecular weight excluding hydrogens is 318 g/mol. The van der Waals surface area contributed by atoms with Gasteiger partial charge in [0.1, 0.15) is 0 Å². The van der Waals surface area contributed by atoms with E-state index in [1.807, 2.05) is 0 Å². The number of ether oxygens (including phenoxy) is 1. The summed E-state index contributed by atoms with van der Waals surface area (Å²) in [6.45, 7) is 0.385. The number of non-ortho nitro benzene ring substituents is 1. The van der Waals surface area contributed by atoms with Crippen LogP contribution in [0.5, 0.6) is 0 Å². The van der Waals surface area contributed by atoms with Crippen LogP contribution in [0, 0.1) is 10.1 Å². The van der Waals surface area contributed by atoms with Gasteiger partial charge in [0, 0.05) is 30.3 Å². The van der Waals surface area contributed by atoms with Crippen LogP contribution in [0.15, 0.2) is 22.7 Å². The summed E-state index contributed by atoms with van der Waals surface area (Å²) in [6, 6.07) is 3.38. The van der Waals surface area contributed by atoms with Crippen LogP contribution in [0.2, 0.25) is 0 Å². The Kier molecular flexibility index (Phi) is 5.87. The minimum Gasteiger partial charge on any atom is -0.385 e. The van der Waals surface area contributed by atoms with Crippen LogP contribution in [-0.4, -0.2) is 30.6 Å². The number of hydrogen-bond donors (Lipinski definition) is 2. The number of nitro groups is 1. The molecule has 0 heterocycles. The lowest BCUT2D eigenvalue weighted by atomic mass is 10.2. The SMILES string of the molecule is COCCC(N)C(=O)Nc1ccc([N+](=O)[O-])cc1Br. The molecule has 0 saturated carbocycles. The van der Waals surface area contributed by atoms with E-state index in [0.717, 1.165) is 0 Å². The van der Waals surface area contributed by atoms with Crippen molar-refractivity contribution in [2.45, 2.75) is 12.5 Å². The van der Waals surface area contributed by atoms with Crippen LogP contribution in [0.4, 0.5) is 11.4 Å². The molecule has 3 N–H and O–H groups in total. The zero-order valence-corrected chi connectivity index (χ0v) is 11.8. The minimum atomic E-state index is -0.693. The van der Waals surface area contributed by atoms with E-state index in [4.69, 9.17) is 10.5 Å². The molecule has 8 heteroatoms. The molecule has 1 rings (SSSR count). The molecule has 1 unspecified atom stereocenters. The highest BCUT2D eigenvalue weighted by Crippen LogP contribution is 2.27. The molecule has 0 aliphatic rings. The maximum Gasteiger partial charge on any atom is 0.270 e. The molecule has 0 spiro atoms. The molecule has 0 radical (unpaired) electrons. The number of nitro benzene ring substituents is 1. The van der Waals surface area contributed by atoms with Crippen LogP contribution >= 0.6 is 15.9 Å². The number of benzene rings is 1. The first-order chi connectivity index (χ1) is 8.95. The van der Waals surface area contributed by atoms with Gasteiger partial charge in [0.2, 0.25) is 5.91 Å². The van der Waals surface area contributed by atoms with E-state index in [1.54, 1.807) is 0 Å². The van der Waals surface area contributed by atoms with Crippen molar-refractivity contribution in [2.24, 2.45) is 5.73 Å². The maximum atomic E-state index is 11.7. The summed E-state index contributed by atoms with van der Waals surface area (Å²) >= 11 is 3.16. The second kappa shape index (κ2) is 7.17. The Hall–Kier alpha value is -1.51. The predicted molar refractivity (Wildman–Crippen MR) is 73.9 cm³/mol. The van der Waals surface area contributed by atoms with Crippen molar-refractivity contribution in [3.05, 3.63) is 32.8 Å². The largest absolute Gasteiger partial charge is 0.385 e. The number of nitrogens with zero attached hydrogens (tertiary/aromatic N) is 1. The van der Waals surface area contributed by atoms with Crippen molar-refractivity contribution in [3.8, 4) is 0 Å². The van der Waals surface area contributed by atoms with E-state index in [2.05, 4.69) is 21.2 Å². The van der Waals surface area contributed by atoms with Crippen LogP contribution in [0.1, 0.15) is 6.42 Å². The summed E-state index contributed by atoms with van der Waals surface area (Å²) < 4.78 is 5.26. The van der Waals surface area contributed by atoms with Gasteiger partial charge in [-0.3, -0.25) is 14.9 Å². The third-order valence-electron chi connectivity index (χ3n) is 2.39. The number of halogens is 1. The van der Waals surface area contributed by atoms with Crippen LogP contribution < -0.4 is 11.1 Å². The molecule has 0 fully saturated rings. The fourth-order valence-electron chi connectivity index (χ4n) is 1.32. The van der Waals surface area contributed by atoms with Gasteiger partial charge in [0.25, 0.3) is 5.69 Å². The number of hydrogen-bond acceptors (Lipinski definition) is 5. The van der Waals surface area contributed by atoms with Gasteiger partial charge in [0.15, 0.2) is 0 Å². The van der Waals surface area contributed by atoms with E-state index in [0.29, 0.717) is 23.2 Å². The summed E-state index contributed by atoms with van der Waals surface area (Å²) in [5.41, 5.74) is 6.04. The Balaban J connectivity index is 2.72. The highest BCUT2D eigenvalue weighted by Gasteiger charge is 2.16. The number of anilines is 1. The number of nitrogens with one attached hydrogen (secondary N) is 1. The Labute approximate surface area is 118 Å². The first-order valence-corrected chi connectivity index (χ1v) is 6.24. The molecule has 1 amide bonds. The Morgan fingerprint density at radius 2 is 2.32 bits per heavy atom. The average Bonchev–Trinajstić information content (AvgIpc) is 2.37. The molecule has 1 atom stereocenters. The Morgan fingerprint density at radius 1 is 1.63 bits per heavy atom. The lowest BCUT2D eigenvalue weighted by Crippen LogP contribution is -2.36. The van der Waals surface area contributed by atoms with E-state index in [9.17, 15) is 14.9 Å². The van der Waals surface area contributed by atoms with Crippen molar-refractivity contribution in [1.29, 1.82) is 0 Å². The molecule has 0 aliphatic carbocycles. The molecule has 0 saturated heterocycles. The number of methoxy groups -OCH3 is 1. The molecule has 0 aliphatic heterocycles. The van der Waals surface area contributed by atoms with Crippen LogP contribution in [0.3, 0.4) is 0 Å². The molecule has 7 nitrogen and oxygen atoms in total. The fourth-order valence-corrected chi connectivity index (χ4v) is 1.79. The first kappa shape index (κ1) is 15.5. The summed E-state index contributed by atoms with van der Waals surface area (Å²) in [5.74, 6) is -0.369. The predicted octanol–water partition coefficient (Wildman–Crippen LogP) is 1.66. The zero-order chi connectivity index (χ0) is 14.4. The van der Waals surface area contributed by atoms with Gasteiger partial charge < -0.3 is 15.8 Å². The third-order valence-corrected chi connectivity index (χ3v) is 3.05. The Bertz CT molecular complexity index is 481. The number of carbonyl (C=O) groups is 1. The van der Waals surface area contributed by atoms with Gasteiger partial charge in [0.05, 0.1) is 16.7 Å². The van der Waals surface area contributed by atoms with Gasteiger partial charge in [-0.2, -0.15) is 0 Å². The highest BCUT2D eigenvalue weighted by atomic mass is 79.9. The highest BCUT2D eigenvalue weighted by molar-refractivity contribution is 9.10. The number of carbonyl (C=O) groups excluding carboxylic acids is 1. The number of amides is 1. The van der Waals surface area contributed by atoms with Gasteiger partial charge in [-0.1, -0.05) is 0 Å². The third kappa shape index (κ3) is 4.58. The minimum absolute atomic E-state index is 0.0615. The normalized spacial score (nSPS) is 11.9. The van der Waals surface area contributed by atoms with Crippen molar-refractivity contribution < 1.29 is 14.5 Å². The van der Waals surface area contributed by atoms with E-state index in [1.165, 1.54) is 25.3 Å². The lowest BCUT2D eigenvalue weighted by Gasteiger charge is -2.12. The van der Waals surface area contributed by atoms with Crippen LogP contribution in [-0.2, 0) is 9.53 Å². The summed E-state index contributed by atoms with van der Waals surface area (Å²) in [4.78, 5) is 21.8. The monoisotopic (exact) mass is 331 g/mol. The quantitative estimate of drug-likeness (QED) is 0.608. The lowest BCUT2D eigenvalue weighted by molar-refractivity contribution is -0.384. The summed E-state index contributed by atoms with van der Waals surface area (Å²) in [5, 5.41) is 13.2. The van der Waals surface area contributed by atoms with Gasteiger partial charge in [-0.25, -0.2) is 0 Å². The summed E-state index contributed by atoms with van der Waals surface area (Å²) in [6.07, 6.45) is 0.396. The van der Waals surface area contributed by atoms with Crippen molar-refractivity contribution in [1.82, 2.24) is 0 Å². The van der Waals surface area contributed by atoms with Crippen LogP contribution in [0.25, 0.3) is 0 Å². The van der Waals surface area contributed by atoms with E-state index >= 15 is 0 Å². The van der Waals surface area contributed by atoms with Gasteiger partial charge in [-0.05, 0) is 28.4 Å². The Morgan fingerprint density at radius 3 is 2.84 bits per heavy atom. The number of rotatable bonds is 6. The standard InChI is InChI=1S/C11H14BrN3O4/c1-19-5-4-9(13)11(16)14-10-3-2-7(15(17)18)6-8(10)12/h2-3,6,9H,4-5,13H2,1H3,(H,14,16). The van der Waals surface area contributed by atoms with Crippen molar-refractivity contribution >= 4 is 33.2 Å². The molecule has 0 aromatic heterocycles. The van der Waals surface area contributed by atoms with Crippen molar-refractivity contribution in [2.75, 3.05) is 19.0 Å². The molecule has 104 valence electrons. The smallest absolute Gasteiger partial charge is 0.270 e. The fraction of sp³-hybridized carbons (Fsp3) is 0.364. The maximum absolute atomic E-state index is 11.7. The molecule has 19 heavy (non-hydrogen) atoms. The molecule has 1 aromatic carbocycles. The van der Waals surface area contributed by atoms with Gasteiger partial charge >= 0.3 is 0 Å². The molecule has 1 aromatic rings.